The van der Waals surface area contributed by atoms with Crippen molar-refractivity contribution in [2.45, 2.75) is 39.3 Å². The molecule has 2 rings (SSSR count). The summed E-state index contributed by atoms with van der Waals surface area (Å²) in [6.07, 6.45) is 2.01. The molecule has 1 saturated heterocycles. The van der Waals surface area contributed by atoms with Crippen LogP contribution in [0.4, 0.5) is 0 Å². The summed E-state index contributed by atoms with van der Waals surface area (Å²) in [7, 11) is 0. The fourth-order valence-corrected chi connectivity index (χ4v) is 2.14. The van der Waals surface area contributed by atoms with Crippen molar-refractivity contribution in [2.75, 3.05) is 6.61 Å². The van der Waals surface area contributed by atoms with Gasteiger partial charge in [-0.2, -0.15) is 5.10 Å². The van der Waals surface area contributed by atoms with E-state index >= 15 is 0 Å². The first-order chi connectivity index (χ1) is 7.59. The summed E-state index contributed by atoms with van der Waals surface area (Å²) >= 11 is 0. The first kappa shape index (κ1) is 11.1. The van der Waals surface area contributed by atoms with Crippen LogP contribution in [0.5, 0.6) is 0 Å². The molecule has 16 heavy (non-hydrogen) atoms. The van der Waals surface area contributed by atoms with Gasteiger partial charge in [0.05, 0.1) is 12.1 Å². The van der Waals surface area contributed by atoms with Crippen LogP contribution < -0.4 is 0 Å². The van der Waals surface area contributed by atoms with Crippen LogP contribution in [0.2, 0.25) is 0 Å². The molecule has 0 radical (unpaired) electrons. The van der Waals surface area contributed by atoms with Gasteiger partial charge < -0.3 is 9.84 Å². The second-order valence-electron chi connectivity index (χ2n) is 4.13. The first-order valence-corrected chi connectivity index (χ1v) is 5.47. The monoisotopic (exact) mass is 224 g/mol. The largest absolute Gasteiger partial charge is 0.481 e. The third-order valence-corrected chi connectivity index (χ3v) is 2.98. The molecular weight excluding hydrogens is 208 g/mol. The van der Waals surface area contributed by atoms with Crippen molar-refractivity contribution < 1.29 is 14.6 Å². The Labute approximate surface area is 94.0 Å². The lowest BCUT2D eigenvalue weighted by Gasteiger charge is -2.12. The Morgan fingerprint density at radius 3 is 2.94 bits per heavy atom. The average Bonchev–Trinajstić information content (AvgIpc) is 2.80. The summed E-state index contributed by atoms with van der Waals surface area (Å²) in [4.78, 5) is 10.7. The quantitative estimate of drug-likeness (QED) is 0.843. The van der Waals surface area contributed by atoms with Crippen LogP contribution in [0, 0.1) is 13.8 Å². The van der Waals surface area contributed by atoms with Gasteiger partial charge in [0.15, 0.2) is 6.23 Å². The molecule has 1 unspecified atom stereocenters. The number of hydrogen-bond donors (Lipinski definition) is 1. The number of aryl methyl sites for hydroxylation is 1. The molecule has 0 bridgehead atoms. The molecule has 0 aliphatic carbocycles. The molecule has 1 aliphatic heterocycles. The Morgan fingerprint density at radius 1 is 1.62 bits per heavy atom. The van der Waals surface area contributed by atoms with Crippen molar-refractivity contribution >= 4 is 5.97 Å². The van der Waals surface area contributed by atoms with Crippen LogP contribution >= 0.6 is 0 Å². The number of rotatable bonds is 3. The molecule has 5 nitrogen and oxygen atoms in total. The molecule has 88 valence electrons. The topological polar surface area (TPSA) is 64.4 Å². The lowest BCUT2D eigenvalue weighted by molar-refractivity contribution is -0.136. The van der Waals surface area contributed by atoms with E-state index in [4.69, 9.17) is 9.84 Å². The predicted molar refractivity (Wildman–Crippen MR) is 57.3 cm³/mol. The zero-order valence-electron chi connectivity index (χ0n) is 9.56. The van der Waals surface area contributed by atoms with E-state index in [1.807, 2.05) is 18.5 Å². The van der Waals surface area contributed by atoms with E-state index in [-0.39, 0.29) is 12.6 Å². The van der Waals surface area contributed by atoms with E-state index in [9.17, 15) is 4.79 Å². The number of nitrogens with zero attached hydrogens (tertiary/aromatic N) is 2. The molecule has 0 aromatic carbocycles. The molecule has 1 N–H and O–H groups in total. The fourth-order valence-electron chi connectivity index (χ4n) is 2.14. The van der Waals surface area contributed by atoms with Crippen LogP contribution in [-0.4, -0.2) is 27.5 Å². The molecule has 1 aliphatic rings. The molecule has 0 spiro atoms. The molecule has 1 aromatic rings. The SMILES string of the molecule is Cc1nn(C2CCCO2)c(C)c1CC(=O)O. The molecule has 1 aromatic heterocycles. The number of carboxylic acids is 1. The van der Waals surface area contributed by atoms with Crippen LogP contribution in [-0.2, 0) is 16.0 Å². The third kappa shape index (κ3) is 1.95. The fraction of sp³-hybridized carbons (Fsp3) is 0.636. The minimum atomic E-state index is -0.821. The average molecular weight is 224 g/mol. The van der Waals surface area contributed by atoms with Gasteiger partial charge in [0.2, 0.25) is 0 Å². The van der Waals surface area contributed by atoms with Gasteiger partial charge in [-0.3, -0.25) is 4.79 Å². The third-order valence-electron chi connectivity index (χ3n) is 2.98. The molecular formula is C11H16N2O3. The second kappa shape index (κ2) is 4.25. The van der Waals surface area contributed by atoms with Gasteiger partial charge in [-0.05, 0) is 26.7 Å². The maximum Gasteiger partial charge on any atom is 0.307 e. The first-order valence-electron chi connectivity index (χ1n) is 5.47. The Hall–Kier alpha value is -1.36. The van der Waals surface area contributed by atoms with Crippen molar-refractivity contribution in [3.63, 3.8) is 0 Å². The molecule has 0 saturated carbocycles. The smallest absolute Gasteiger partial charge is 0.307 e. The summed E-state index contributed by atoms with van der Waals surface area (Å²) < 4.78 is 7.37. The van der Waals surface area contributed by atoms with Crippen molar-refractivity contribution in [3.05, 3.63) is 17.0 Å². The second-order valence-corrected chi connectivity index (χ2v) is 4.13. The highest BCUT2D eigenvalue weighted by molar-refractivity contribution is 5.70. The van der Waals surface area contributed by atoms with Crippen LogP contribution in [0.25, 0.3) is 0 Å². The summed E-state index contributed by atoms with van der Waals surface area (Å²) in [5, 5.41) is 13.2. The van der Waals surface area contributed by atoms with Crippen molar-refractivity contribution in [1.82, 2.24) is 9.78 Å². The van der Waals surface area contributed by atoms with Gasteiger partial charge in [0.1, 0.15) is 0 Å². The number of carboxylic acid groups (broad SMARTS) is 1. The van der Waals surface area contributed by atoms with Gasteiger partial charge in [-0.1, -0.05) is 0 Å². The molecule has 2 heterocycles. The lowest BCUT2D eigenvalue weighted by Crippen LogP contribution is -2.11. The Morgan fingerprint density at radius 2 is 2.38 bits per heavy atom. The van der Waals surface area contributed by atoms with Gasteiger partial charge in [-0.15, -0.1) is 0 Å². The maximum absolute atomic E-state index is 10.7. The van der Waals surface area contributed by atoms with Crippen molar-refractivity contribution in [3.8, 4) is 0 Å². The number of carbonyl (C=O) groups is 1. The summed E-state index contributed by atoms with van der Waals surface area (Å²) in [5.41, 5.74) is 2.50. The van der Waals surface area contributed by atoms with Gasteiger partial charge in [-0.25, -0.2) is 4.68 Å². The Kier molecular flexibility index (Phi) is 2.96. The van der Waals surface area contributed by atoms with E-state index in [2.05, 4.69) is 5.10 Å². The Bertz CT molecular complexity index is 406. The minimum absolute atomic E-state index is 0.0127. The maximum atomic E-state index is 10.7. The molecule has 1 atom stereocenters. The lowest BCUT2D eigenvalue weighted by atomic mass is 10.1. The minimum Gasteiger partial charge on any atom is -0.481 e. The molecule has 0 amide bonds. The van der Waals surface area contributed by atoms with E-state index in [0.717, 1.165) is 36.4 Å². The summed E-state index contributed by atoms with van der Waals surface area (Å²) in [6.45, 7) is 4.51. The zero-order chi connectivity index (χ0) is 11.7. The van der Waals surface area contributed by atoms with E-state index in [1.54, 1.807) is 0 Å². The van der Waals surface area contributed by atoms with Gasteiger partial charge >= 0.3 is 5.97 Å². The zero-order valence-corrected chi connectivity index (χ0v) is 9.56. The highest BCUT2D eigenvalue weighted by atomic mass is 16.5. The van der Waals surface area contributed by atoms with Crippen molar-refractivity contribution in [1.29, 1.82) is 0 Å². The highest BCUT2D eigenvalue weighted by Gasteiger charge is 2.23. The number of aromatic nitrogens is 2. The van der Waals surface area contributed by atoms with E-state index < -0.39 is 5.97 Å². The van der Waals surface area contributed by atoms with E-state index in [0.29, 0.717) is 0 Å². The normalized spacial score (nSPS) is 20.2. The molecule has 5 heteroatoms. The highest BCUT2D eigenvalue weighted by Crippen LogP contribution is 2.26. The van der Waals surface area contributed by atoms with Crippen LogP contribution in [0.1, 0.15) is 36.0 Å². The number of ether oxygens (including phenoxy) is 1. The predicted octanol–water partition coefficient (Wildman–Crippen LogP) is 1.44. The van der Waals surface area contributed by atoms with Crippen molar-refractivity contribution in [2.24, 2.45) is 0 Å². The van der Waals surface area contributed by atoms with Gasteiger partial charge in [0, 0.05) is 17.9 Å². The summed E-state index contributed by atoms with van der Waals surface area (Å²) in [6, 6.07) is 0. The summed E-state index contributed by atoms with van der Waals surface area (Å²) in [5.74, 6) is -0.821. The van der Waals surface area contributed by atoms with Gasteiger partial charge in [0.25, 0.3) is 0 Å². The van der Waals surface area contributed by atoms with E-state index in [1.165, 1.54) is 0 Å². The van der Waals surface area contributed by atoms with Crippen LogP contribution in [0.3, 0.4) is 0 Å². The standard InChI is InChI=1S/C11H16N2O3/c1-7-9(6-11(14)15)8(2)13(12-7)10-4-3-5-16-10/h10H,3-6H2,1-2H3,(H,14,15). The number of aliphatic carboxylic acids is 1. The van der Waals surface area contributed by atoms with Crippen LogP contribution in [0.15, 0.2) is 0 Å². The molecule has 1 fully saturated rings. The number of hydrogen-bond acceptors (Lipinski definition) is 3. The Balaban J connectivity index is 2.30.